The van der Waals surface area contributed by atoms with E-state index in [1.165, 1.54) is 7.05 Å². The van der Waals surface area contributed by atoms with Crippen molar-refractivity contribution in [1.82, 2.24) is 10.6 Å². The number of guanidine groups is 1. The molecule has 152 valence electrons. The molecule has 0 unspecified atom stereocenters. The largest absolute Gasteiger partial charge is 0.496 e. The van der Waals surface area contributed by atoms with E-state index in [0.717, 1.165) is 17.7 Å². The Bertz CT molecular complexity index is 850. The number of aliphatic imine (C=N–C) groups is 1. The molecular formula is C18H20F3IN4O2. The van der Waals surface area contributed by atoms with Gasteiger partial charge in [0.05, 0.1) is 19.3 Å². The zero-order valence-corrected chi connectivity index (χ0v) is 17.5. The SMILES string of the molecule is CN=C(NCC(=O)Nc1ccc(F)c(F)c1F)NCc1ccccc1OC.I. The van der Waals surface area contributed by atoms with Crippen molar-refractivity contribution in [3.8, 4) is 5.75 Å². The molecule has 6 nitrogen and oxygen atoms in total. The molecular weight excluding hydrogens is 488 g/mol. The van der Waals surface area contributed by atoms with E-state index in [2.05, 4.69) is 20.9 Å². The molecule has 0 spiro atoms. The molecule has 0 saturated heterocycles. The van der Waals surface area contributed by atoms with E-state index < -0.39 is 29.0 Å². The normalized spacial score (nSPS) is 10.7. The van der Waals surface area contributed by atoms with Gasteiger partial charge in [-0.2, -0.15) is 0 Å². The van der Waals surface area contributed by atoms with Gasteiger partial charge in [-0.15, -0.1) is 24.0 Å². The number of benzene rings is 2. The predicted octanol–water partition coefficient (Wildman–Crippen LogP) is 3.03. The van der Waals surface area contributed by atoms with Crippen LogP contribution < -0.4 is 20.7 Å². The second-order valence-corrected chi connectivity index (χ2v) is 5.36. The first-order valence-electron chi connectivity index (χ1n) is 7.96. The van der Waals surface area contributed by atoms with Gasteiger partial charge in [-0.25, -0.2) is 13.2 Å². The van der Waals surface area contributed by atoms with E-state index in [-0.39, 0.29) is 30.5 Å². The van der Waals surface area contributed by atoms with Crippen LogP contribution in [-0.2, 0) is 11.3 Å². The molecule has 0 bridgehead atoms. The van der Waals surface area contributed by atoms with E-state index in [1.807, 2.05) is 24.3 Å². The van der Waals surface area contributed by atoms with Crippen LogP contribution in [0.3, 0.4) is 0 Å². The van der Waals surface area contributed by atoms with Crippen LogP contribution in [0.4, 0.5) is 18.9 Å². The first-order chi connectivity index (χ1) is 13.0. The minimum Gasteiger partial charge on any atom is -0.496 e. The fourth-order valence-corrected chi connectivity index (χ4v) is 2.23. The second-order valence-electron chi connectivity index (χ2n) is 5.36. The highest BCUT2D eigenvalue weighted by Gasteiger charge is 2.15. The minimum absolute atomic E-state index is 0. The first kappa shape index (κ1) is 23.5. The second kappa shape index (κ2) is 11.4. The Balaban J connectivity index is 0.00000392. The molecule has 2 rings (SSSR count). The molecule has 2 aromatic carbocycles. The van der Waals surface area contributed by atoms with Crippen molar-refractivity contribution >= 4 is 41.5 Å². The predicted molar refractivity (Wildman–Crippen MR) is 112 cm³/mol. The summed E-state index contributed by atoms with van der Waals surface area (Å²) in [5.74, 6) is -4.06. The number of carbonyl (C=O) groups excluding carboxylic acids is 1. The van der Waals surface area contributed by atoms with Crippen LogP contribution in [0.15, 0.2) is 41.4 Å². The van der Waals surface area contributed by atoms with Gasteiger partial charge in [-0.3, -0.25) is 9.79 Å². The van der Waals surface area contributed by atoms with Crippen LogP contribution in [0.2, 0.25) is 0 Å². The molecule has 10 heteroatoms. The maximum absolute atomic E-state index is 13.6. The number of rotatable bonds is 6. The molecule has 0 aromatic heterocycles. The monoisotopic (exact) mass is 508 g/mol. The van der Waals surface area contributed by atoms with Gasteiger partial charge in [0, 0.05) is 19.2 Å². The number of ether oxygens (including phenoxy) is 1. The van der Waals surface area contributed by atoms with Crippen molar-refractivity contribution in [1.29, 1.82) is 0 Å². The Labute approximate surface area is 177 Å². The average Bonchev–Trinajstić information content (AvgIpc) is 2.68. The molecule has 3 N–H and O–H groups in total. The third-order valence-corrected chi connectivity index (χ3v) is 3.59. The lowest BCUT2D eigenvalue weighted by atomic mass is 10.2. The number of carbonyl (C=O) groups is 1. The van der Waals surface area contributed by atoms with E-state index in [9.17, 15) is 18.0 Å². The molecule has 0 aliphatic carbocycles. The Kier molecular flexibility index (Phi) is 9.56. The smallest absolute Gasteiger partial charge is 0.243 e. The molecule has 28 heavy (non-hydrogen) atoms. The van der Waals surface area contributed by atoms with Gasteiger partial charge in [0.15, 0.2) is 23.4 Å². The summed E-state index contributed by atoms with van der Waals surface area (Å²) in [6, 6.07) is 9.07. The third-order valence-electron chi connectivity index (χ3n) is 3.59. The number of nitrogens with one attached hydrogen (secondary N) is 3. The summed E-state index contributed by atoms with van der Waals surface area (Å²) < 4.78 is 44.9. The highest BCUT2D eigenvalue weighted by Crippen LogP contribution is 2.19. The Hall–Kier alpha value is -2.50. The highest BCUT2D eigenvalue weighted by atomic mass is 127. The van der Waals surface area contributed by atoms with Gasteiger partial charge < -0.3 is 20.7 Å². The number of hydrogen-bond acceptors (Lipinski definition) is 3. The van der Waals surface area contributed by atoms with Crippen molar-refractivity contribution in [2.24, 2.45) is 4.99 Å². The molecule has 2 aromatic rings. The quantitative estimate of drug-likeness (QED) is 0.243. The lowest BCUT2D eigenvalue weighted by Gasteiger charge is -2.14. The van der Waals surface area contributed by atoms with Crippen molar-refractivity contribution in [2.45, 2.75) is 6.54 Å². The van der Waals surface area contributed by atoms with Crippen LogP contribution in [-0.4, -0.2) is 32.6 Å². The molecule has 0 atom stereocenters. The Morgan fingerprint density at radius 2 is 1.79 bits per heavy atom. The van der Waals surface area contributed by atoms with Crippen LogP contribution in [0, 0.1) is 17.5 Å². The third kappa shape index (κ3) is 6.29. The van der Waals surface area contributed by atoms with Crippen molar-refractivity contribution in [3.05, 3.63) is 59.4 Å². The maximum Gasteiger partial charge on any atom is 0.243 e. The lowest BCUT2D eigenvalue weighted by Crippen LogP contribution is -2.41. The van der Waals surface area contributed by atoms with Crippen molar-refractivity contribution < 1.29 is 22.7 Å². The molecule has 0 fully saturated rings. The van der Waals surface area contributed by atoms with Crippen LogP contribution in [0.5, 0.6) is 5.75 Å². The summed E-state index contributed by atoms with van der Waals surface area (Å²) in [7, 11) is 3.08. The zero-order chi connectivity index (χ0) is 19.8. The maximum atomic E-state index is 13.6. The van der Waals surface area contributed by atoms with E-state index in [4.69, 9.17) is 4.74 Å². The lowest BCUT2D eigenvalue weighted by molar-refractivity contribution is -0.115. The van der Waals surface area contributed by atoms with Gasteiger partial charge >= 0.3 is 0 Å². The van der Waals surface area contributed by atoms with Crippen LogP contribution >= 0.6 is 24.0 Å². The zero-order valence-electron chi connectivity index (χ0n) is 15.2. The fraction of sp³-hybridized carbons (Fsp3) is 0.222. The summed E-state index contributed by atoms with van der Waals surface area (Å²) in [4.78, 5) is 15.9. The average molecular weight is 508 g/mol. The number of hydrogen-bond donors (Lipinski definition) is 3. The van der Waals surface area contributed by atoms with Crippen LogP contribution in [0.1, 0.15) is 5.56 Å². The van der Waals surface area contributed by atoms with Crippen molar-refractivity contribution in [3.63, 3.8) is 0 Å². The number of anilines is 1. The fourth-order valence-electron chi connectivity index (χ4n) is 2.23. The van der Waals surface area contributed by atoms with Gasteiger partial charge in [-0.05, 0) is 18.2 Å². The standard InChI is InChI=1S/C18H19F3N4O2.HI/c1-22-18(23-9-11-5-3-4-6-14(11)27-2)24-10-15(26)25-13-8-7-12(19)16(20)17(13)21;/h3-8H,9-10H2,1-2H3,(H,25,26)(H2,22,23,24);1H. The van der Waals surface area contributed by atoms with Gasteiger partial charge in [0.1, 0.15) is 5.75 Å². The molecule has 0 radical (unpaired) electrons. The molecule has 0 heterocycles. The summed E-state index contributed by atoms with van der Waals surface area (Å²) >= 11 is 0. The molecule has 0 aliphatic rings. The van der Waals surface area contributed by atoms with Gasteiger partial charge in [-0.1, -0.05) is 18.2 Å². The topological polar surface area (TPSA) is 74.8 Å². The number of methoxy groups -OCH3 is 1. The molecule has 1 amide bonds. The van der Waals surface area contributed by atoms with E-state index in [1.54, 1.807) is 7.11 Å². The van der Waals surface area contributed by atoms with Crippen LogP contribution in [0.25, 0.3) is 0 Å². The number of nitrogens with zero attached hydrogens (tertiary/aromatic N) is 1. The van der Waals surface area contributed by atoms with E-state index in [0.29, 0.717) is 18.3 Å². The summed E-state index contributed by atoms with van der Waals surface area (Å²) in [5.41, 5.74) is 0.439. The van der Waals surface area contributed by atoms with Crippen molar-refractivity contribution in [2.75, 3.05) is 26.0 Å². The summed E-state index contributed by atoms with van der Waals surface area (Å²) in [6.45, 7) is 0.132. The molecule has 0 saturated carbocycles. The Morgan fingerprint density at radius 3 is 2.46 bits per heavy atom. The highest BCUT2D eigenvalue weighted by molar-refractivity contribution is 14.0. The summed E-state index contributed by atoms with van der Waals surface area (Å²) in [5, 5.41) is 7.91. The number of halogens is 4. The minimum atomic E-state index is -1.64. The number of para-hydroxylation sites is 1. The van der Waals surface area contributed by atoms with E-state index >= 15 is 0 Å². The Morgan fingerprint density at radius 1 is 1.07 bits per heavy atom. The van der Waals surface area contributed by atoms with Gasteiger partial charge in [0.25, 0.3) is 0 Å². The first-order valence-corrected chi connectivity index (χ1v) is 7.96. The summed E-state index contributed by atoms with van der Waals surface area (Å²) in [6.07, 6.45) is 0. The van der Waals surface area contributed by atoms with Gasteiger partial charge in [0.2, 0.25) is 5.91 Å². The molecule has 0 aliphatic heterocycles. The number of amides is 1.